The highest BCUT2D eigenvalue weighted by Crippen LogP contribution is 2.28. The summed E-state index contributed by atoms with van der Waals surface area (Å²) in [7, 11) is 0. The lowest BCUT2D eigenvalue weighted by atomic mass is 9.89. The fourth-order valence-corrected chi connectivity index (χ4v) is 3.31. The Balaban J connectivity index is 1.59. The topological polar surface area (TPSA) is 88.3 Å². The first kappa shape index (κ1) is 18.9. The van der Waals surface area contributed by atoms with Crippen LogP contribution in [0.25, 0.3) is 0 Å². The van der Waals surface area contributed by atoms with Crippen molar-refractivity contribution in [2.75, 3.05) is 13.1 Å². The van der Waals surface area contributed by atoms with Crippen molar-refractivity contribution >= 4 is 11.9 Å². The Morgan fingerprint density at radius 2 is 2.00 bits per heavy atom. The average Bonchev–Trinajstić information content (AvgIpc) is 3.03. The Bertz CT molecular complexity index is 845. The number of aromatic nitrogens is 3. The number of pyridine rings is 1. The van der Waals surface area contributed by atoms with Gasteiger partial charge in [0.2, 0.25) is 5.91 Å². The number of carbonyl (C=O) groups excluding carboxylic acids is 1. The van der Waals surface area contributed by atoms with Crippen LogP contribution in [0.4, 0.5) is 8.78 Å². The molecule has 0 atom stereocenters. The van der Waals surface area contributed by atoms with Crippen molar-refractivity contribution in [1.82, 2.24) is 19.7 Å². The molecule has 0 spiro atoms. The lowest BCUT2D eigenvalue weighted by Crippen LogP contribution is -2.40. The molecular weight excluding hydrogens is 358 g/mol. The van der Waals surface area contributed by atoms with Crippen molar-refractivity contribution in [3.8, 4) is 0 Å². The first-order chi connectivity index (χ1) is 12.8. The van der Waals surface area contributed by atoms with Crippen LogP contribution in [0.15, 0.2) is 24.4 Å². The minimum atomic E-state index is -2.66. The van der Waals surface area contributed by atoms with E-state index < -0.39 is 12.4 Å². The zero-order valence-electron chi connectivity index (χ0n) is 14.8. The van der Waals surface area contributed by atoms with E-state index in [-0.39, 0.29) is 29.8 Å². The SMILES string of the molecule is Cc1cc(C(F)F)nn1CC(=O)N1CCC(c2ccnc(C(=O)O)c2)CC1. The number of hydrogen-bond acceptors (Lipinski definition) is 4. The van der Waals surface area contributed by atoms with Gasteiger partial charge in [-0.3, -0.25) is 9.48 Å². The molecular formula is C18H20F2N4O3. The van der Waals surface area contributed by atoms with Crippen LogP contribution in [-0.4, -0.2) is 49.7 Å². The van der Waals surface area contributed by atoms with Gasteiger partial charge in [0.25, 0.3) is 6.43 Å². The molecule has 1 fully saturated rings. The molecule has 1 amide bonds. The highest BCUT2D eigenvalue weighted by atomic mass is 19.3. The highest BCUT2D eigenvalue weighted by molar-refractivity contribution is 5.85. The summed E-state index contributed by atoms with van der Waals surface area (Å²) in [6.45, 7) is 2.62. The molecule has 2 aromatic heterocycles. The molecule has 0 bridgehead atoms. The van der Waals surface area contributed by atoms with Crippen LogP contribution in [0.5, 0.6) is 0 Å². The van der Waals surface area contributed by atoms with E-state index in [9.17, 15) is 18.4 Å². The van der Waals surface area contributed by atoms with Crippen LogP contribution in [0.1, 0.15) is 52.6 Å². The number of carbonyl (C=O) groups is 2. The largest absolute Gasteiger partial charge is 0.477 e. The number of aromatic carboxylic acids is 1. The van der Waals surface area contributed by atoms with Crippen LogP contribution < -0.4 is 0 Å². The minimum Gasteiger partial charge on any atom is -0.477 e. The summed E-state index contributed by atoms with van der Waals surface area (Å²) in [6, 6.07) is 4.66. The Morgan fingerprint density at radius 3 is 2.59 bits per heavy atom. The Kier molecular flexibility index (Phi) is 5.48. The first-order valence-electron chi connectivity index (χ1n) is 8.64. The number of carboxylic acid groups (broad SMARTS) is 1. The van der Waals surface area contributed by atoms with Gasteiger partial charge in [-0.1, -0.05) is 0 Å². The quantitative estimate of drug-likeness (QED) is 0.864. The minimum absolute atomic E-state index is 0.00926. The predicted molar refractivity (Wildman–Crippen MR) is 91.7 cm³/mol. The molecule has 0 saturated carbocycles. The molecule has 0 radical (unpaired) electrons. The third-order valence-corrected chi connectivity index (χ3v) is 4.83. The molecule has 2 aromatic rings. The van der Waals surface area contributed by atoms with E-state index >= 15 is 0 Å². The first-order valence-corrected chi connectivity index (χ1v) is 8.64. The Labute approximate surface area is 154 Å². The second-order valence-corrected chi connectivity index (χ2v) is 6.60. The number of piperidine rings is 1. The van der Waals surface area contributed by atoms with Gasteiger partial charge in [0.05, 0.1) is 0 Å². The van der Waals surface area contributed by atoms with Crippen molar-refractivity contribution in [2.45, 2.75) is 38.7 Å². The molecule has 1 aliphatic rings. The van der Waals surface area contributed by atoms with Gasteiger partial charge in [-0.25, -0.2) is 18.6 Å². The lowest BCUT2D eigenvalue weighted by Gasteiger charge is -2.32. The van der Waals surface area contributed by atoms with Crippen LogP contribution >= 0.6 is 0 Å². The van der Waals surface area contributed by atoms with E-state index in [4.69, 9.17) is 5.11 Å². The summed E-state index contributed by atoms with van der Waals surface area (Å²) in [5.41, 5.74) is 1.10. The zero-order chi connectivity index (χ0) is 19.6. The lowest BCUT2D eigenvalue weighted by molar-refractivity contribution is -0.133. The molecule has 3 heterocycles. The van der Waals surface area contributed by atoms with Crippen molar-refractivity contribution in [3.63, 3.8) is 0 Å². The third-order valence-electron chi connectivity index (χ3n) is 4.83. The van der Waals surface area contributed by atoms with Gasteiger partial charge < -0.3 is 10.0 Å². The Morgan fingerprint density at radius 1 is 1.30 bits per heavy atom. The van der Waals surface area contributed by atoms with Gasteiger partial charge in [0.1, 0.15) is 17.9 Å². The van der Waals surface area contributed by atoms with Crippen LogP contribution in [0, 0.1) is 6.92 Å². The van der Waals surface area contributed by atoms with Crippen molar-refractivity contribution in [2.24, 2.45) is 0 Å². The van der Waals surface area contributed by atoms with Gasteiger partial charge in [-0.2, -0.15) is 5.10 Å². The summed E-state index contributed by atoms with van der Waals surface area (Å²) in [5, 5.41) is 12.8. The van der Waals surface area contributed by atoms with Gasteiger partial charge >= 0.3 is 5.97 Å². The molecule has 1 N–H and O–H groups in total. The molecule has 1 aliphatic heterocycles. The van der Waals surface area contributed by atoms with E-state index in [1.54, 1.807) is 24.0 Å². The standard InChI is InChI=1S/C18H20F2N4O3/c1-11-8-14(17(19)20)22-24(11)10-16(25)23-6-3-12(4-7-23)13-2-5-21-15(9-13)18(26)27/h2,5,8-9,12,17H,3-4,6-7,10H2,1H3,(H,26,27). The molecule has 144 valence electrons. The van der Waals surface area contributed by atoms with Crippen molar-refractivity contribution in [3.05, 3.63) is 47.0 Å². The summed E-state index contributed by atoms with van der Waals surface area (Å²) in [4.78, 5) is 29.0. The molecule has 9 heteroatoms. The van der Waals surface area contributed by atoms with Crippen LogP contribution in [-0.2, 0) is 11.3 Å². The molecule has 1 saturated heterocycles. The monoisotopic (exact) mass is 378 g/mol. The highest BCUT2D eigenvalue weighted by Gasteiger charge is 2.25. The van der Waals surface area contributed by atoms with E-state index in [0.717, 1.165) is 5.56 Å². The Hall–Kier alpha value is -2.84. The normalized spacial score (nSPS) is 15.3. The smallest absolute Gasteiger partial charge is 0.354 e. The maximum Gasteiger partial charge on any atom is 0.354 e. The van der Waals surface area contributed by atoms with Gasteiger partial charge in [0, 0.05) is 25.0 Å². The van der Waals surface area contributed by atoms with E-state index in [0.29, 0.717) is 31.6 Å². The zero-order valence-corrected chi connectivity index (χ0v) is 14.8. The van der Waals surface area contributed by atoms with E-state index in [1.165, 1.54) is 16.9 Å². The maximum absolute atomic E-state index is 12.7. The molecule has 3 rings (SSSR count). The number of carboxylic acids is 1. The number of nitrogens with zero attached hydrogens (tertiary/aromatic N) is 4. The third kappa shape index (κ3) is 4.29. The fourth-order valence-electron chi connectivity index (χ4n) is 3.31. The summed E-state index contributed by atoms with van der Waals surface area (Å²) in [6.07, 6.45) is 0.230. The molecule has 27 heavy (non-hydrogen) atoms. The summed E-state index contributed by atoms with van der Waals surface area (Å²) in [5.74, 6) is -1.07. The van der Waals surface area contributed by atoms with Crippen LogP contribution in [0.2, 0.25) is 0 Å². The number of aryl methyl sites for hydroxylation is 1. The maximum atomic E-state index is 12.7. The molecule has 0 aliphatic carbocycles. The average molecular weight is 378 g/mol. The summed E-state index contributed by atoms with van der Waals surface area (Å²) >= 11 is 0. The van der Waals surface area contributed by atoms with Crippen LogP contribution in [0.3, 0.4) is 0 Å². The van der Waals surface area contributed by atoms with Gasteiger partial charge in [-0.05, 0) is 49.4 Å². The second kappa shape index (κ2) is 7.81. The fraction of sp³-hybridized carbons (Fsp3) is 0.444. The number of hydrogen-bond donors (Lipinski definition) is 1. The molecule has 7 nitrogen and oxygen atoms in total. The summed E-state index contributed by atoms with van der Waals surface area (Å²) < 4.78 is 26.7. The van der Waals surface area contributed by atoms with E-state index in [2.05, 4.69) is 10.1 Å². The number of alkyl halides is 2. The van der Waals surface area contributed by atoms with E-state index in [1.807, 2.05) is 0 Å². The van der Waals surface area contributed by atoms with Crippen molar-refractivity contribution in [1.29, 1.82) is 0 Å². The van der Waals surface area contributed by atoms with Gasteiger partial charge in [-0.15, -0.1) is 0 Å². The number of amides is 1. The molecule has 0 unspecified atom stereocenters. The second-order valence-electron chi connectivity index (χ2n) is 6.60. The predicted octanol–water partition coefficient (Wildman–Crippen LogP) is 2.63. The van der Waals surface area contributed by atoms with Crippen molar-refractivity contribution < 1.29 is 23.5 Å². The van der Waals surface area contributed by atoms with Gasteiger partial charge in [0.15, 0.2) is 0 Å². The molecule has 0 aromatic carbocycles. The number of rotatable bonds is 5. The number of likely N-dealkylation sites (tertiary alicyclic amines) is 1. The number of halogens is 2.